The molecular weight excluding hydrogens is 278 g/mol. The van der Waals surface area contributed by atoms with Gasteiger partial charge in [-0.25, -0.2) is 0 Å². The van der Waals surface area contributed by atoms with Crippen LogP contribution in [0, 0.1) is 28.9 Å². The predicted octanol–water partition coefficient (Wildman–Crippen LogP) is 2.60. The zero-order valence-electron chi connectivity index (χ0n) is 11.6. The van der Waals surface area contributed by atoms with E-state index in [0.717, 1.165) is 30.9 Å². The molecule has 1 aromatic rings. The summed E-state index contributed by atoms with van der Waals surface area (Å²) in [6, 6.07) is 3.77. The predicted molar refractivity (Wildman–Crippen MR) is 79.5 cm³/mol. The highest BCUT2D eigenvalue weighted by Gasteiger charge is 2.42. The Bertz CT molecular complexity index is 564. The van der Waals surface area contributed by atoms with Gasteiger partial charge in [-0.05, 0) is 37.3 Å². The molecule has 3 rings (SSSR count). The first-order chi connectivity index (χ1) is 9.49. The lowest BCUT2D eigenvalue weighted by atomic mass is 9.95. The Morgan fingerprint density at radius 2 is 2.20 bits per heavy atom. The van der Waals surface area contributed by atoms with E-state index < -0.39 is 4.92 Å². The third-order valence-electron chi connectivity index (χ3n) is 4.71. The molecule has 1 N–H and O–H groups in total. The molecule has 108 valence electrons. The minimum Gasteiger partial charge on any atom is -0.368 e. The highest BCUT2D eigenvalue weighted by Crippen LogP contribution is 2.40. The fourth-order valence-electron chi connectivity index (χ4n) is 3.59. The van der Waals surface area contributed by atoms with Gasteiger partial charge < -0.3 is 10.2 Å². The van der Waals surface area contributed by atoms with Gasteiger partial charge in [0.1, 0.15) is 5.02 Å². The molecule has 3 atom stereocenters. The second kappa shape index (κ2) is 4.90. The van der Waals surface area contributed by atoms with Crippen LogP contribution in [0.15, 0.2) is 12.1 Å². The van der Waals surface area contributed by atoms with Crippen LogP contribution in [0.2, 0.25) is 5.02 Å². The summed E-state index contributed by atoms with van der Waals surface area (Å²) in [4.78, 5) is 12.9. The van der Waals surface area contributed by atoms with Crippen LogP contribution in [-0.2, 0) is 0 Å². The van der Waals surface area contributed by atoms with Crippen molar-refractivity contribution in [3.05, 3.63) is 32.8 Å². The van der Waals surface area contributed by atoms with Gasteiger partial charge >= 0.3 is 0 Å². The molecule has 20 heavy (non-hydrogen) atoms. The lowest BCUT2D eigenvalue weighted by Gasteiger charge is -2.28. The van der Waals surface area contributed by atoms with Crippen molar-refractivity contribution in [1.82, 2.24) is 5.32 Å². The Hall–Kier alpha value is -1.33. The number of halogens is 1. The van der Waals surface area contributed by atoms with Crippen LogP contribution >= 0.6 is 11.6 Å². The maximum atomic E-state index is 10.9. The maximum absolute atomic E-state index is 10.9. The van der Waals surface area contributed by atoms with Crippen LogP contribution in [0.5, 0.6) is 0 Å². The molecule has 0 aromatic heterocycles. The van der Waals surface area contributed by atoms with Crippen molar-refractivity contribution in [2.24, 2.45) is 11.8 Å². The highest BCUT2D eigenvalue weighted by atomic mass is 35.5. The van der Waals surface area contributed by atoms with E-state index in [1.807, 2.05) is 6.92 Å². The number of aryl methyl sites for hydroxylation is 1. The number of hydrogen-bond acceptors (Lipinski definition) is 4. The van der Waals surface area contributed by atoms with Gasteiger partial charge in [0.25, 0.3) is 5.69 Å². The summed E-state index contributed by atoms with van der Waals surface area (Å²) in [5, 5.41) is 14.6. The smallest absolute Gasteiger partial charge is 0.288 e. The summed E-state index contributed by atoms with van der Waals surface area (Å²) >= 11 is 6.06. The van der Waals surface area contributed by atoms with Crippen molar-refractivity contribution in [2.75, 3.05) is 24.5 Å². The number of rotatable bonds is 2. The van der Waals surface area contributed by atoms with Crippen LogP contribution in [0.3, 0.4) is 0 Å². The summed E-state index contributed by atoms with van der Waals surface area (Å²) < 4.78 is 0. The summed E-state index contributed by atoms with van der Waals surface area (Å²) in [5.41, 5.74) is 1.94. The zero-order chi connectivity index (χ0) is 14.4. The fourth-order valence-corrected chi connectivity index (χ4v) is 3.82. The lowest BCUT2D eigenvalue weighted by molar-refractivity contribution is -0.384. The Kier molecular flexibility index (Phi) is 3.34. The minimum atomic E-state index is -0.425. The van der Waals surface area contributed by atoms with Gasteiger partial charge in [-0.3, -0.25) is 10.1 Å². The van der Waals surface area contributed by atoms with Crippen molar-refractivity contribution in [3.63, 3.8) is 0 Å². The Morgan fingerprint density at radius 1 is 1.45 bits per heavy atom. The molecule has 2 aliphatic heterocycles. The van der Waals surface area contributed by atoms with Gasteiger partial charge in [0.15, 0.2) is 0 Å². The molecule has 2 aliphatic rings. The monoisotopic (exact) mass is 295 g/mol. The van der Waals surface area contributed by atoms with E-state index in [1.54, 1.807) is 12.1 Å². The average Bonchev–Trinajstić information content (AvgIpc) is 2.95. The van der Waals surface area contributed by atoms with E-state index in [4.69, 9.17) is 11.6 Å². The second-order valence-electron chi connectivity index (χ2n) is 5.82. The van der Waals surface area contributed by atoms with Crippen molar-refractivity contribution in [2.45, 2.75) is 19.9 Å². The molecule has 3 unspecified atom stereocenters. The van der Waals surface area contributed by atoms with Gasteiger partial charge in [-0.1, -0.05) is 11.6 Å². The standard InChI is InChI=1S/C14H18ClN3O2/c1-8-3-14(18(19)20)12(15)4-13(8)17-7-10-5-16-6-11(10)9(17)2/h3-4,9-11,16H,5-7H2,1-2H3. The minimum absolute atomic E-state index is 0.0124. The SMILES string of the molecule is Cc1cc([N+](=O)[O-])c(Cl)cc1N1CC2CNCC2C1C. The highest BCUT2D eigenvalue weighted by molar-refractivity contribution is 6.33. The van der Waals surface area contributed by atoms with E-state index in [1.165, 1.54) is 0 Å². The van der Waals surface area contributed by atoms with Crippen LogP contribution in [-0.4, -0.2) is 30.6 Å². The van der Waals surface area contributed by atoms with Crippen molar-refractivity contribution in [1.29, 1.82) is 0 Å². The van der Waals surface area contributed by atoms with Gasteiger partial charge in [0, 0.05) is 37.4 Å². The normalized spacial score (nSPS) is 28.8. The molecule has 0 bridgehead atoms. The molecule has 0 amide bonds. The van der Waals surface area contributed by atoms with Gasteiger partial charge in [0.05, 0.1) is 4.92 Å². The van der Waals surface area contributed by atoms with Gasteiger partial charge in [0.2, 0.25) is 0 Å². The van der Waals surface area contributed by atoms with Crippen LogP contribution in [0.4, 0.5) is 11.4 Å². The molecule has 0 aliphatic carbocycles. The van der Waals surface area contributed by atoms with Crippen LogP contribution in [0.25, 0.3) is 0 Å². The molecule has 1 aromatic carbocycles. The first kappa shape index (κ1) is 13.6. The topological polar surface area (TPSA) is 58.4 Å². The van der Waals surface area contributed by atoms with E-state index in [2.05, 4.69) is 17.1 Å². The second-order valence-corrected chi connectivity index (χ2v) is 6.23. The van der Waals surface area contributed by atoms with E-state index in [-0.39, 0.29) is 10.7 Å². The average molecular weight is 296 g/mol. The molecular formula is C14H18ClN3O2. The fraction of sp³-hybridized carbons (Fsp3) is 0.571. The molecule has 6 heteroatoms. The third-order valence-corrected chi connectivity index (χ3v) is 5.01. The van der Waals surface area contributed by atoms with E-state index in [9.17, 15) is 10.1 Å². The van der Waals surface area contributed by atoms with E-state index >= 15 is 0 Å². The quantitative estimate of drug-likeness (QED) is 0.673. The number of nitrogens with zero attached hydrogens (tertiary/aromatic N) is 2. The summed E-state index contributed by atoms with van der Waals surface area (Å²) in [6.07, 6.45) is 0. The molecule has 0 radical (unpaired) electrons. The summed E-state index contributed by atoms with van der Waals surface area (Å²) in [6.45, 7) is 7.26. The van der Waals surface area contributed by atoms with Gasteiger partial charge in [-0.2, -0.15) is 0 Å². The Morgan fingerprint density at radius 3 is 2.85 bits per heavy atom. The Labute approximate surface area is 123 Å². The lowest BCUT2D eigenvalue weighted by Crippen LogP contribution is -2.33. The maximum Gasteiger partial charge on any atom is 0.288 e. The number of nitro benzene ring substituents is 1. The van der Waals surface area contributed by atoms with Crippen molar-refractivity contribution < 1.29 is 4.92 Å². The zero-order valence-corrected chi connectivity index (χ0v) is 12.4. The first-order valence-electron chi connectivity index (χ1n) is 6.91. The summed E-state index contributed by atoms with van der Waals surface area (Å²) in [7, 11) is 0. The number of nitrogens with one attached hydrogen (secondary N) is 1. The number of benzene rings is 1. The molecule has 5 nitrogen and oxygen atoms in total. The van der Waals surface area contributed by atoms with Crippen molar-refractivity contribution in [3.8, 4) is 0 Å². The number of anilines is 1. The molecule has 2 heterocycles. The number of nitro groups is 1. The number of hydrogen-bond donors (Lipinski definition) is 1. The molecule has 2 saturated heterocycles. The molecule has 0 saturated carbocycles. The summed E-state index contributed by atoms with van der Waals surface area (Å²) in [5.74, 6) is 1.32. The molecule has 2 fully saturated rings. The van der Waals surface area contributed by atoms with Crippen LogP contribution in [0.1, 0.15) is 12.5 Å². The first-order valence-corrected chi connectivity index (χ1v) is 7.28. The van der Waals surface area contributed by atoms with Crippen molar-refractivity contribution >= 4 is 23.0 Å². The van der Waals surface area contributed by atoms with Gasteiger partial charge in [-0.15, -0.1) is 0 Å². The van der Waals surface area contributed by atoms with Crippen LogP contribution < -0.4 is 10.2 Å². The third kappa shape index (κ3) is 2.05. The number of fused-ring (bicyclic) bond motifs is 1. The van der Waals surface area contributed by atoms with E-state index in [0.29, 0.717) is 17.9 Å². The molecule has 0 spiro atoms. The Balaban J connectivity index is 1.95. The largest absolute Gasteiger partial charge is 0.368 e.